The number of aromatic nitrogens is 2. The molecule has 0 atom stereocenters. The number of anilines is 1. The van der Waals surface area contributed by atoms with Crippen molar-refractivity contribution < 1.29 is 0 Å². The highest BCUT2D eigenvalue weighted by Gasteiger charge is 1.83. The molecule has 13 heavy (non-hydrogen) atoms. The van der Waals surface area contributed by atoms with Gasteiger partial charge in [-0.05, 0) is 6.92 Å². The van der Waals surface area contributed by atoms with E-state index in [0.717, 1.165) is 5.69 Å². The molecular formula is C10H23N3. The maximum atomic E-state index is 5.25. The lowest BCUT2D eigenvalue weighted by Crippen LogP contribution is -1.90. The predicted molar refractivity (Wildman–Crippen MR) is 60.6 cm³/mol. The lowest BCUT2D eigenvalue weighted by Gasteiger charge is -1.88. The average molecular weight is 185 g/mol. The first kappa shape index (κ1) is 17.8. The molecule has 0 radical (unpaired) electrons. The Morgan fingerprint density at radius 2 is 1.46 bits per heavy atom. The lowest BCUT2D eigenvalue weighted by molar-refractivity contribution is 1.13. The van der Waals surface area contributed by atoms with Crippen molar-refractivity contribution in [3.8, 4) is 0 Å². The molecule has 1 rings (SSSR count). The van der Waals surface area contributed by atoms with Crippen molar-refractivity contribution in [3.63, 3.8) is 0 Å². The third-order valence-corrected chi connectivity index (χ3v) is 0.801. The molecule has 3 nitrogen and oxygen atoms in total. The molecule has 0 aliphatic heterocycles. The van der Waals surface area contributed by atoms with Gasteiger partial charge in [0, 0.05) is 0 Å². The SMILES string of the molecule is C.CC.CC.Cc1cnc(N)cn1. The van der Waals surface area contributed by atoms with Crippen molar-refractivity contribution in [3.05, 3.63) is 18.1 Å². The van der Waals surface area contributed by atoms with Gasteiger partial charge < -0.3 is 5.73 Å². The Labute approximate surface area is 82.4 Å². The molecule has 0 unspecified atom stereocenters. The summed E-state index contributed by atoms with van der Waals surface area (Å²) in [5.41, 5.74) is 6.14. The van der Waals surface area contributed by atoms with Crippen LogP contribution in [0.4, 0.5) is 5.82 Å². The van der Waals surface area contributed by atoms with Gasteiger partial charge >= 0.3 is 0 Å². The van der Waals surface area contributed by atoms with Crippen molar-refractivity contribution in [2.45, 2.75) is 42.0 Å². The Hall–Kier alpha value is -1.12. The third kappa shape index (κ3) is 10.9. The summed E-state index contributed by atoms with van der Waals surface area (Å²) in [7, 11) is 0. The Morgan fingerprint density at radius 1 is 1.00 bits per heavy atom. The first-order valence-electron chi connectivity index (χ1n) is 4.33. The maximum Gasteiger partial charge on any atom is 0.141 e. The monoisotopic (exact) mass is 185 g/mol. The second kappa shape index (κ2) is 13.5. The molecule has 0 amide bonds. The van der Waals surface area contributed by atoms with Crippen LogP contribution in [0.25, 0.3) is 0 Å². The molecule has 0 spiro atoms. The van der Waals surface area contributed by atoms with Crippen LogP contribution in [0.2, 0.25) is 0 Å². The first-order chi connectivity index (χ1) is 5.79. The first-order valence-corrected chi connectivity index (χ1v) is 4.33. The minimum Gasteiger partial charge on any atom is -0.382 e. The molecule has 0 aliphatic rings. The summed E-state index contributed by atoms with van der Waals surface area (Å²) in [6, 6.07) is 0. The van der Waals surface area contributed by atoms with Crippen LogP contribution in [-0.2, 0) is 0 Å². The van der Waals surface area contributed by atoms with E-state index in [-0.39, 0.29) is 7.43 Å². The summed E-state index contributed by atoms with van der Waals surface area (Å²) in [5, 5.41) is 0. The number of nitrogens with zero attached hydrogens (tertiary/aromatic N) is 2. The van der Waals surface area contributed by atoms with E-state index in [1.807, 2.05) is 34.6 Å². The molecule has 0 aromatic carbocycles. The second-order valence-electron chi connectivity index (χ2n) is 1.58. The van der Waals surface area contributed by atoms with E-state index >= 15 is 0 Å². The highest BCUT2D eigenvalue weighted by Crippen LogP contribution is 1.91. The average Bonchev–Trinajstić information content (AvgIpc) is 2.17. The van der Waals surface area contributed by atoms with E-state index in [9.17, 15) is 0 Å². The van der Waals surface area contributed by atoms with E-state index in [4.69, 9.17) is 5.73 Å². The zero-order valence-corrected chi connectivity index (χ0v) is 8.63. The van der Waals surface area contributed by atoms with Gasteiger partial charge in [-0.1, -0.05) is 35.1 Å². The van der Waals surface area contributed by atoms with Gasteiger partial charge in [0.1, 0.15) is 5.82 Å². The number of aryl methyl sites for hydroxylation is 1. The Kier molecular flexibility index (Phi) is 18.5. The topological polar surface area (TPSA) is 51.8 Å². The number of rotatable bonds is 0. The minimum absolute atomic E-state index is 0. The molecule has 1 aromatic rings. The molecule has 1 heterocycles. The van der Waals surface area contributed by atoms with Gasteiger partial charge in [-0.3, -0.25) is 4.98 Å². The van der Waals surface area contributed by atoms with E-state index < -0.39 is 0 Å². The van der Waals surface area contributed by atoms with Gasteiger partial charge in [-0.25, -0.2) is 4.98 Å². The summed E-state index contributed by atoms with van der Waals surface area (Å²) < 4.78 is 0. The van der Waals surface area contributed by atoms with E-state index in [1.165, 1.54) is 6.20 Å². The smallest absolute Gasteiger partial charge is 0.141 e. The maximum absolute atomic E-state index is 5.25. The van der Waals surface area contributed by atoms with Crippen LogP contribution in [-0.4, -0.2) is 9.97 Å². The number of hydrogen-bond donors (Lipinski definition) is 1. The zero-order chi connectivity index (χ0) is 9.98. The van der Waals surface area contributed by atoms with Crippen molar-refractivity contribution >= 4 is 5.82 Å². The normalized spacial score (nSPS) is 6.54. The Bertz CT molecular complexity index is 149. The van der Waals surface area contributed by atoms with Gasteiger partial charge in [0.2, 0.25) is 0 Å². The Balaban J connectivity index is -0.000000178. The third-order valence-electron chi connectivity index (χ3n) is 0.801. The van der Waals surface area contributed by atoms with Crippen molar-refractivity contribution in [1.82, 2.24) is 9.97 Å². The standard InChI is InChI=1S/C5H7N3.2C2H6.CH4/c1-4-2-8-5(6)3-7-4;2*1-2;/h2-3H,1H3,(H2,6,8);2*1-2H3;1H4. The fourth-order valence-corrected chi connectivity index (χ4v) is 0.403. The lowest BCUT2D eigenvalue weighted by atomic mass is 10.5. The highest BCUT2D eigenvalue weighted by molar-refractivity contribution is 5.22. The van der Waals surface area contributed by atoms with Crippen molar-refractivity contribution in [2.75, 3.05) is 5.73 Å². The number of hydrogen-bond acceptors (Lipinski definition) is 3. The van der Waals surface area contributed by atoms with Crippen LogP contribution in [0.3, 0.4) is 0 Å². The van der Waals surface area contributed by atoms with Gasteiger partial charge in [-0.15, -0.1) is 0 Å². The van der Waals surface area contributed by atoms with Crippen molar-refractivity contribution in [1.29, 1.82) is 0 Å². The second-order valence-corrected chi connectivity index (χ2v) is 1.58. The largest absolute Gasteiger partial charge is 0.382 e. The van der Waals surface area contributed by atoms with E-state index in [0.29, 0.717) is 5.82 Å². The van der Waals surface area contributed by atoms with Crippen LogP contribution in [0.15, 0.2) is 12.4 Å². The van der Waals surface area contributed by atoms with Gasteiger partial charge in [0.05, 0.1) is 18.1 Å². The number of nitrogen functional groups attached to an aromatic ring is 1. The summed E-state index contributed by atoms with van der Waals surface area (Å²) in [5.74, 6) is 0.468. The van der Waals surface area contributed by atoms with Crippen LogP contribution < -0.4 is 5.73 Å². The molecule has 0 aliphatic carbocycles. The van der Waals surface area contributed by atoms with Gasteiger partial charge in [0.15, 0.2) is 0 Å². The molecule has 0 saturated heterocycles. The molecule has 0 saturated carbocycles. The molecule has 0 bridgehead atoms. The highest BCUT2D eigenvalue weighted by atomic mass is 14.9. The summed E-state index contributed by atoms with van der Waals surface area (Å²) in [6.07, 6.45) is 3.17. The van der Waals surface area contributed by atoms with Crippen molar-refractivity contribution in [2.24, 2.45) is 0 Å². The molecule has 3 heteroatoms. The van der Waals surface area contributed by atoms with Gasteiger partial charge in [0.25, 0.3) is 0 Å². The van der Waals surface area contributed by atoms with E-state index in [2.05, 4.69) is 9.97 Å². The fraction of sp³-hybridized carbons (Fsp3) is 0.600. The summed E-state index contributed by atoms with van der Waals surface area (Å²) >= 11 is 0. The summed E-state index contributed by atoms with van der Waals surface area (Å²) in [4.78, 5) is 7.69. The molecule has 2 N–H and O–H groups in total. The van der Waals surface area contributed by atoms with Gasteiger partial charge in [-0.2, -0.15) is 0 Å². The molecular weight excluding hydrogens is 162 g/mol. The molecule has 0 fully saturated rings. The van der Waals surface area contributed by atoms with E-state index in [1.54, 1.807) is 6.20 Å². The molecule has 1 aromatic heterocycles. The van der Waals surface area contributed by atoms with Crippen LogP contribution in [0, 0.1) is 6.92 Å². The molecule has 78 valence electrons. The fourth-order valence-electron chi connectivity index (χ4n) is 0.403. The predicted octanol–water partition coefficient (Wildman–Crippen LogP) is 3.06. The summed E-state index contributed by atoms with van der Waals surface area (Å²) in [6.45, 7) is 9.87. The van der Waals surface area contributed by atoms with Crippen LogP contribution in [0.5, 0.6) is 0 Å². The number of nitrogens with two attached hydrogens (primary N) is 1. The quantitative estimate of drug-likeness (QED) is 0.676. The van der Waals surface area contributed by atoms with Crippen LogP contribution in [0.1, 0.15) is 40.8 Å². The minimum atomic E-state index is 0. The van der Waals surface area contributed by atoms with Crippen LogP contribution >= 0.6 is 0 Å². The zero-order valence-electron chi connectivity index (χ0n) is 8.63. The Morgan fingerprint density at radius 3 is 1.69 bits per heavy atom.